The molecule has 0 saturated heterocycles. The molecule has 0 spiro atoms. The molecule has 0 radical (unpaired) electrons. The van der Waals surface area contributed by atoms with Crippen LogP contribution >= 0.6 is 11.5 Å². The second-order valence-electron chi connectivity index (χ2n) is 2.58. The Morgan fingerprint density at radius 1 is 1.54 bits per heavy atom. The molecule has 1 rings (SSSR count). The van der Waals surface area contributed by atoms with Crippen LogP contribution in [0.15, 0.2) is 0 Å². The van der Waals surface area contributed by atoms with E-state index in [1.807, 2.05) is 0 Å². The number of hydrogen-bond acceptors (Lipinski definition) is 6. The maximum atomic E-state index is 5.36. The second kappa shape index (κ2) is 5.71. The molecule has 0 aromatic carbocycles. The van der Waals surface area contributed by atoms with Crippen LogP contribution in [0.25, 0.3) is 0 Å². The number of nitrogens with zero attached hydrogens (tertiary/aromatic N) is 2. The molecular formula is C7H14N4OS. The highest BCUT2D eigenvalue weighted by atomic mass is 32.1. The van der Waals surface area contributed by atoms with Crippen molar-refractivity contribution in [3.8, 4) is 0 Å². The molecule has 0 aliphatic rings. The van der Waals surface area contributed by atoms with E-state index in [0.717, 1.165) is 31.1 Å². The average Bonchev–Trinajstić information content (AvgIpc) is 2.51. The summed E-state index contributed by atoms with van der Waals surface area (Å²) < 4.78 is 8.78. The first-order valence-electron chi connectivity index (χ1n) is 4.15. The van der Waals surface area contributed by atoms with Crippen LogP contribution in [0.4, 0.5) is 11.1 Å². The van der Waals surface area contributed by atoms with Crippen molar-refractivity contribution in [3.05, 3.63) is 0 Å². The Morgan fingerprint density at radius 2 is 2.38 bits per heavy atom. The molecule has 0 amide bonds. The molecule has 1 heterocycles. The van der Waals surface area contributed by atoms with Crippen molar-refractivity contribution in [2.45, 2.75) is 12.8 Å². The summed E-state index contributed by atoms with van der Waals surface area (Å²) in [5.41, 5.74) is 5.36. The molecule has 0 aliphatic heterocycles. The molecule has 5 nitrogen and oxygen atoms in total. The van der Waals surface area contributed by atoms with Gasteiger partial charge in [-0.2, -0.15) is 9.36 Å². The van der Waals surface area contributed by atoms with Gasteiger partial charge in [0.05, 0.1) is 0 Å². The molecule has 0 atom stereocenters. The minimum absolute atomic E-state index is 0.337. The third-order valence-corrected chi connectivity index (χ3v) is 2.18. The van der Waals surface area contributed by atoms with Gasteiger partial charge in [0.25, 0.3) is 0 Å². The maximum Gasteiger partial charge on any atom is 0.233 e. The maximum absolute atomic E-state index is 5.36. The number of nitrogens with two attached hydrogens (primary N) is 1. The fraction of sp³-hybridized carbons (Fsp3) is 0.714. The van der Waals surface area contributed by atoms with E-state index >= 15 is 0 Å². The highest BCUT2D eigenvalue weighted by Gasteiger charge is 1.97. The Hall–Kier alpha value is -0.880. The van der Waals surface area contributed by atoms with Gasteiger partial charge >= 0.3 is 0 Å². The van der Waals surface area contributed by atoms with Gasteiger partial charge in [0.2, 0.25) is 11.1 Å². The first-order valence-corrected chi connectivity index (χ1v) is 4.92. The highest BCUT2D eigenvalue weighted by Crippen LogP contribution is 2.11. The number of methoxy groups -OCH3 is 1. The predicted molar refractivity (Wildman–Crippen MR) is 53.9 cm³/mol. The van der Waals surface area contributed by atoms with E-state index in [1.54, 1.807) is 7.11 Å². The van der Waals surface area contributed by atoms with Gasteiger partial charge in [-0.25, -0.2) is 0 Å². The lowest BCUT2D eigenvalue weighted by Crippen LogP contribution is -2.02. The normalized spacial score (nSPS) is 10.2. The molecule has 1 aromatic heterocycles. The first kappa shape index (κ1) is 10.2. The Morgan fingerprint density at radius 3 is 3.00 bits per heavy atom. The number of hydrogen-bond donors (Lipinski definition) is 2. The summed E-state index contributed by atoms with van der Waals surface area (Å²) in [6, 6.07) is 0. The van der Waals surface area contributed by atoms with Gasteiger partial charge < -0.3 is 15.8 Å². The van der Waals surface area contributed by atoms with E-state index in [4.69, 9.17) is 10.5 Å². The van der Waals surface area contributed by atoms with Crippen molar-refractivity contribution >= 4 is 22.6 Å². The van der Waals surface area contributed by atoms with Crippen LogP contribution in [0.3, 0.4) is 0 Å². The van der Waals surface area contributed by atoms with E-state index in [-0.39, 0.29) is 0 Å². The largest absolute Gasteiger partial charge is 0.385 e. The summed E-state index contributed by atoms with van der Waals surface area (Å²) in [7, 11) is 1.71. The Balaban J connectivity index is 2.06. The minimum Gasteiger partial charge on any atom is -0.385 e. The van der Waals surface area contributed by atoms with E-state index < -0.39 is 0 Å². The molecule has 0 saturated carbocycles. The van der Waals surface area contributed by atoms with Gasteiger partial charge in [-0.05, 0) is 12.8 Å². The van der Waals surface area contributed by atoms with Gasteiger partial charge in [-0.1, -0.05) is 0 Å². The molecule has 6 heteroatoms. The van der Waals surface area contributed by atoms with Crippen LogP contribution in [-0.4, -0.2) is 29.6 Å². The Kier molecular flexibility index (Phi) is 4.48. The van der Waals surface area contributed by atoms with Crippen LogP contribution in [0, 0.1) is 0 Å². The van der Waals surface area contributed by atoms with Crippen molar-refractivity contribution < 1.29 is 4.74 Å². The number of ether oxygens (including phenoxy) is 1. The van der Waals surface area contributed by atoms with Crippen LogP contribution < -0.4 is 11.1 Å². The van der Waals surface area contributed by atoms with Crippen molar-refractivity contribution in [2.24, 2.45) is 0 Å². The molecule has 1 aromatic rings. The topological polar surface area (TPSA) is 73.1 Å². The first-order chi connectivity index (χ1) is 6.33. The molecule has 0 unspecified atom stereocenters. The molecule has 0 bridgehead atoms. The lowest BCUT2D eigenvalue weighted by molar-refractivity contribution is 0.194. The number of anilines is 2. The zero-order valence-corrected chi connectivity index (χ0v) is 8.43. The van der Waals surface area contributed by atoms with Gasteiger partial charge in [0, 0.05) is 31.8 Å². The number of nitrogen functional groups attached to an aromatic ring is 1. The molecule has 13 heavy (non-hydrogen) atoms. The summed E-state index contributed by atoms with van der Waals surface area (Å²) in [4.78, 5) is 3.97. The quantitative estimate of drug-likeness (QED) is 0.672. The predicted octanol–water partition coefficient (Wildman–Crippen LogP) is 0.959. The lowest BCUT2D eigenvalue weighted by atomic mass is 10.3. The Labute approximate surface area is 81.5 Å². The molecule has 3 N–H and O–H groups in total. The summed E-state index contributed by atoms with van der Waals surface area (Å²) in [5, 5.41) is 3.92. The van der Waals surface area contributed by atoms with Gasteiger partial charge in [0.15, 0.2) is 0 Å². The van der Waals surface area contributed by atoms with Gasteiger partial charge in [0.1, 0.15) is 0 Å². The third-order valence-electron chi connectivity index (χ3n) is 1.49. The van der Waals surface area contributed by atoms with Crippen LogP contribution in [0.5, 0.6) is 0 Å². The summed E-state index contributed by atoms with van der Waals surface area (Å²) in [5.74, 6) is 0.337. The molecule has 0 aliphatic carbocycles. The van der Waals surface area contributed by atoms with Crippen LogP contribution in [-0.2, 0) is 4.74 Å². The van der Waals surface area contributed by atoms with Crippen molar-refractivity contribution in [2.75, 3.05) is 31.3 Å². The highest BCUT2D eigenvalue weighted by molar-refractivity contribution is 7.09. The van der Waals surface area contributed by atoms with E-state index in [1.165, 1.54) is 11.5 Å². The number of unbranched alkanes of at least 4 members (excludes halogenated alkanes) is 1. The van der Waals surface area contributed by atoms with E-state index in [2.05, 4.69) is 14.7 Å². The smallest absolute Gasteiger partial charge is 0.233 e. The number of aromatic nitrogens is 2. The van der Waals surface area contributed by atoms with E-state index in [0.29, 0.717) is 5.95 Å². The van der Waals surface area contributed by atoms with Crippen molar-refractivity contribution in [1.82, 2.24) is 9.36 Å². The number of nitrogens with one attached hydrogen (secondary N) is 1. The molecule has 74 valence electrons. The molecule has 0 fully saturated rings. The lowest BCUT2D eigenvalue weighted by Gasteiger charge is -2.00. The Bertz CT molecular complexity index is 240. The third kappa shape index (κ3) is 4.05. The SMILES string of the molecule is COCCCCNc1nc(N)ns1. The van der Waals surface area contributed by atoms with Gasteiger partial charge in [-0.15, -0.1) is 0 Å². The standard InChI is InChI=1S/C7H14N4OS/c1-12-5-3-2-4-9-7-10-6(8)11-13-7/h2-5H2,1H3,(H3,8,9,10,11). The summed E-state index contributed by atoms with van der Waals surface area (Å²) >= 11 is 1.28. The van der Waals surface area contributed by atoms with Crippen LogP contribution in [0.1, 0.15) is 12.8 Å². The average molecular weight is 202 g/mol. The summed E-state index contributed by atoms with van der Waals surface area (Å²) in [6.45, 7) is 1.69. The van der Waals surface area contributed by atoms with E-state index in [9.17, 15) is 0 Å². The number of rotatable bonds is 6. The second-order valence-corrected chi connectivity index (χ2v) is 3.34. The van der Waals surface area contributed by atoms with Crippen molar-refractivity contribution in [1.29, 1.82) is 0 Å². The minimum atomic E-state index is 0.337. The van der Waals surface area contributed by atoms with Crippen molar-refractivity contribution in [3.63, 3.8) is 0 Å². The monoisotopic (exact) mass is 202 g/mol. The molecular weight excluding hydrogens is 188 g/mol. The zero-order chi connectivity index (χ0) is 9.52. The van der Waals surface area contributed by atoms with Crippen LogP contribution in [0.2, 0.25) is 0 Å². The van der Waals surface area contributed by atoms with Gasteiger partial charge in [-0.3, -0.25) is 0 Å². The summed E-state index contributed by atoms with van der Waals surface area (Å²) in [6.07, 6.45) is 2.12. The fourth-order valence-corrected chi connectivity index (χ4v) is 1.40. The zero-order valence-electron chi connectivity index (χ0n) is 7.62. The fourth-order valence-electron chi connectivity index (χ4n) is 0.873.